The fourth-order valence-electron chi connectivity index (χ4n) is 1.25. The quantitative estimate of drug-likeness (QED) is 0.443. The molecule has 0 rings (SSSR count). The van der Waals surface area contributed by atoms with E-state index in [4.69, 9.17) is 4.28 Å². The fourth-order valence-corrected chi connectivity index (χ4v) is 1.65. The minimum atomic E-state index is 0. The van der Waals surface area contributed by atoms with Crippen molar-refractivity contribution < 1.29 is 4.28 Å². The number of hydrogen-bond acceptors (Lipinski definition) is 5. The molecule has 0 heterocycles. The molecule has 0 bridgehead atoms. The Morgan fingerprint density at radius 3 is 2.00 bits per heavy atom. The summed E-state index contributed by atoms with van der Waals surface area (Å²) < 4.78 is 7.60. The summed E-state index contributed by atoms with van der Waals surface area (Å²) in [6.45, 7) is 14.6. The highest BCUT2D eigenvalue weighted by molar-refractivity contribution is 7.92. The van der Waals surface area contributed by atoms with Crippen LogP contribution in [0, 0.1) is 5.41 Å². The highest BCUT2D eigenvalue weighted by Crippen LogP contribution is 2.20. The van der Waals surface area contributed by atoms with E-state index in [1.165, 1.54) is 12.2 Å². The minimum Gasteiger partial charge on any atom is -0.315 e. The van der Waals surface area contributed by atoms with Crippen LogP contribution < -0.4 is 5.32 Å². The molecule has 0 aromatic carbocycles. The molecule has 19 heavy (non-hydrogen) atoms. The second kappa shape index (κ2) is 13.5. The summed E-state index contributed by atoms with van der Waals surface area (Å²) in [5.74, 6) is 0. The molecule has 0 saturated carbocycles. The monoisotopic (exact) mass is 313 g/mol. The second-order valence-electron chi connectivity index (χ2n) is 5.11. The standard InChI is InChI=1S/C11H27N3OS.C2H6.H2S/c1-8-14(7)16-15-13(6)9-10(12-5)11(2,3)4;1-2;/h10,12H,8-9H2,1-7H3;1-2H3;1H2. The van der Waals surface area contributed by atoms with Crippen LogP contribution in [0.25, 0.3) is 0 Å². The molecule has 0 spiro atoms. The Kier molecular flexibility index (Phi) is 17.5. The maximum atomic E-state index is 5.56. The molecule has 0 aromatic heterocycles. The van der Waals surface area contributed by atoms with Crippen molar-refractivity contribution in [2.24, 2.45) is 5.41 Å². The van der Waals surface area contributed by atoms with Crippen molar-refractivity contribution in [2.75, 3.05) is 34.2 Å². The SMILES string of the molecule is CC.CCN(C)SON(C)CC(NC)C(C)(C)C.S. The van der Waals surface area contributed by atoms with Crippen LogP contribution in [0.15, 0.2) is 0 Å². The lowest BCUT2D eigenvalue weighted by Crippen LogP contribution is -2.45. The van der Waals surface area contributed by atoms with E-state index in [0.29, 0.717) is 6.04 Å². The van der Waals surface area contributed by atoms with E-state index in [0.717, 1.165) is 13.1 Å². The van der Waals surface area contributed by atoms with E-state index >= 15 is 0 Å². The van der Waals surface area contributed by atoms with Crippen LogP contribution in [0.4, 0.5) is 0 Å². The molecule has 6 heteroatoms. The Labute approximate surface area is 132 Å². The van der Waals surface area contributed by atoms with Crippen molar-refractivity contribution in [3.8, 4) is 0 Å². The van der Waals surface area contributed by atoms with Crippen LogP contribution in [-0.4, -0.2) is 49.6 Å². The van der Waals surface area contributed by atoms with Gasteiger partial charge in [-0.3, -0.25) is 0 Å². The predicted octanol–water partition coefficient (Wildman–Crippen LogP) is 3.14. The second-order valence-corrected chi connectivity index (χ2v) is 6.03. The average Bonchev–Trinajstić information content (AvgIpc) is 2.33. The number of nitrogens with zero attached hydrogens (tertiary/aromatic N) is 2. The van der Waals surface area contributed by atoms with Gasteiger partial charge in [-0.25, -0.2) is 8.59 Å². The summed E-state index contributed by atoms with van der Waals surface area (Å²) in [7, 11) is 5.97. The van der Waals surface area contributed by atoms with Gasteiger partial charge in [-0.05, 0) is 19.5 Å². The molecule has 0 aliphatic rings. The molecule has 0 aliphatic carbocycles. The Bertz CT molecular complexity index is 189. The van der Waals surface area contributed by atoms with Crippen molar-refractivity contribution in [1.82, 2.24) is 14.7 Å². The molecule has 120 valence electrons. The third kappa shape index (κ3) is 13.3. The molecule has 0 aliphatic heterocycles. The third-order valence-electron chi connectivity index (χ3n) is 2.57. The summed E-state index contributed by atoms with van der Waals surface area (Å²) >= 11 is 1.38. The molecular weight excluding hydrogens is 278 g/mol. The van der Waals surface area contributed by atoms with Crippen LogP contribution in [0.5, 0.6) is 0 Å². The molecule has 0 fully saturated rings. The number of hydrogen-bond donors (Lipinski definition) is 1. The molecule has 0 aromatic rings. The van der Waals surface area contributed by atoms with Gasteiger partial charge in [-0.2, -0.15) is 18.6 Å². The lowest BCUT2D eigenvalue weighted by Gasteiger charge is -2.33. The van der Waals surface area contributed by atoms with Crippen molar-refractivity contribution in [3.05, 3.63) is 0 Å². The van der Waals surface area contributed by atoms with Crippen LogP contribution in [-0.2, 0) is 4.28 Å². The zero-order chi connectivity index (χ0) is 14.8. The van der Waals surface area contributed by atoms with Crippen LogP contribution in [0.2, 0.25) is 0 Å². The molecule has 0 saturated heterocycles. The van der Waals surface area contributed by atoms with E-state index in [9.17, 15) is 0 Å². The van der Waals surface area contributed by atoms with Gasteiger partial charge in [0.2, 0.25) is 0 Å². The zero-order valence-electron chi connectivity index (χ0n) is 14.2. The first kappa shape index (κ1) is 24.6. The van der Waals surface area contributed by atoms with E-state index < -0.39 is 0 Å². The van der Waals surface area contributed by atoms with Gasteiger partial charge >= 0.3 is 0 Å². The molecule has 1 N–H and O–H groups in total. The summed E-state index contributed by atoms with van der Waals surface area (Å²) in [5.41, 5.74) is 0.230. The maximum absolute atomic E-state index is 5.56. The molecule has 1 unspecified atom stereocenters. The third-order valence-corrected chi connectivity index (χ3v) is 3.40. The first-order valence-electron chi connectivity index (χ1n) is 6.75. The fraction of sp³-hybridized carbons (Fsp3) is 1.00. The summed E-state index contributed by atoms with van der Waals surface area (Å²) in [6, 6.07) is 0.407. The van der Waals surface area contributed by atoms with Gasteiger partial charge < -0.3 is 5.32 Å². The van der Waals surface area contributed by atoms with E-state index in [1.807, 2.05) is 44.4 Å². The van der Waals surface area contributed by atoms with Crippen LogP contribution in [0.3, 0.4) is 0 Å². The highest BCUT2D eigenvalue weighted by Gasteiger charge is 2.24. The van der Waals surface area contributed by atoms with E-state index in [-0.39, 0.29) is 18.9 Å². The minimum absolute atomic E-state index is 0. The van der Waals surface area contributed by atoms with Gasteiger partial charge in [0.05, 0.1) is 0 Å². The molecular formula is C13H35N3OS2. The van der Waals surface area contributed by atoms with Gasteiger partial charge in [0.1, 0.15) is 12.2 Å². The van der Waals surface area contributed by atoms with Crippen molar-refractivity contribution in [2.45, 2.75) is 47.6 Å². The zero-order valence-corrected chi connectivity index (χ0v) is 16.0. The summed E-state index contributed by atoms with van der Waals surface area (Å²) in [5, 5.41) is 5.21. The van der Waals surface area contributed by atoms with Crippen LogP contribution >= 0.6 is 25.7 Å². The number of nitrogens with one attached hydrogen (secondary N) is 1. The summed E-state index contributed by atoms with van der Waals surface area (Å²) in [4.78, 5) is 0. The lowest BCUT2D eigenvalue weighted by atomic mass is 9.87. The maximum Gasteiger partial charge on any atom is 0.105 e. The van der Waals surface area contributed by atoms with E-state index in [2.05, 4.69) is 33.0 Å². The smallest absolute Gasteiger partial charge is 0.105 e. The number of rotatable bonds is 7. The predicted molar refractivity (Wildman–Crippen MR) is 93.6 cm³/mol. The Morgan fingerprint density at radius 2 is 1.68 bits per heavy atom. The van der Waals surface area contributed by atoms with Crippen molar-refractivity contribution in [3.63, 3.8) is 0 Å². The van der Waals surface area contributed by atoms with Gasteiger partial charge in [0.15, 0.2) is 0 Å². The molecule has 0 amide bonds. The number of hydroxylamine groups is 2. The lowest BCUT2D eigenvalue weighted by molar-refractivity contribution is -0.0309. The Morgan fingerprint density at radius 1 is 1.21 bits per heavy atom. The Hall–Kier alpha value is 0.540. The van der Waals surface area contributed by atoms with Gasteiger partial charge in [0.25, 0.3) is 0 Å². The first-order chi connectivity index (χ1) is 8.31. The van der Waals surface area contributed by atoms with Crippen molar-refractivity contribution >= 4 is 25.7 Å². The Balaban J connectivity index is -0.000000809. The van der Waals surface area contributed by atoms with Gasteiger partial charge in [0, 0.05) is 26.2 Å². The van der Waals surface area contributed by atoms with E-state index in [1.54, 1.807) is 0 Å². The highest BCUT2D eigenvalue weighted by atomic mass is 32.2. The van der Waals surface area contributed by atoms with Crippen LogP contribution in [0.1, 0.15) is 41.5 Å². The largest absolute Gasteiger partial charge is 0.315 e. The van der Waals surface area contributed by atoms with Crippen molar-refractivity contribution in [1.29, 1.82) is 0 Å². The average molecular weight is 314 g/mol. The topological polar surface area (TPSA) is 27.7 Å². The molecule has 4 nitrogen and oxygen atoms in total. The molecule has 1 atom stereocenters. The summed E-state index contributed by atoms with van der Waals surface area (Å²) in [6.07, 6.45) is 0. The molecule has 0 radical (unpaired) electrons. The normalized spacial score (nSPS) is 12.8. The van der Waals surface area contributed by atoms with Gasteiger partial charge in [-0.1, -0.05) is 41.5 Å². The number of likely N-dealkylation sites (N-methyl/N-ethyl adjacent to an activating group) is 2. The first-order valence-corrected chi connectivity index (χ1v) is 7.45. The van der Waals surface area contributed by atoms with Gasteiger partial charge in [-0.15, -0.1) is 0 Å².